The van der Waals surface area contributed by atoms with E-state index in [1.54, 1.807) is 18.0 Å². The third-order valence-corrected chi connectivity index (χ3v) is 3.25. The normalized spacial score (nSPS) is 13.8. The predicted molar refractivity (Wildman–Crippen MR) is 71.2 cm³/mol. The summed E-state index contributed by atoms with van der Waals surface area (Å²) in [5, 5.41) is 0.591. The molecule has 0 aliphatic rings. The monoisotopic (exact) mass is 294 g/mol. The standard InChI is InChI=1S/C13H18ClF3N2/c1-19(9-7-13(15,16)17)8-6-12(18)10-4-2-3-5-11(10)14/h2-5,12H,6-9,18H2,1H3. The van der Waals surface area contributed by atoms with Crippen molar-refractivity contribution in [2.24, 2.45) is 5.73 Å². The Morgan fingerprint density at radius 1 is 1.26 bits per heavy atom. The Hall–Kier alpha value is -0.780. The Labute approximate surface area is 116 Å². The SMILES string of the molecule is CN(CCC(N)c1ccccc1Cl)CCC(F)(F)F. The quantitative estimate of drug-likeness (QED) is 0.868. The van der Waals surface area contributed by atoms with Crippen molar-refractivity contribution in [1.29, 1.82) is 0 Å². The van der Waals surface area contributed by atoms with E-state index in [1.807, 2.05) is 18.2 Å². The van der Waals surface area contributed by atoms with Crippen LogP contribution in [0.2, 0.25) is 5.02 Å². The highest BCUT2D eigenvalue weighted by Crippen LogP contribution is 2.23. The Morgan fingerprint density at radius 3 is 2.47 bits per heavy atom. The highest BCUT2D eigenvalue weighted by Gasteiger charge is 2.27. The van der Waals surface area contributed by atoms with Crippen LogP contribution < -0.4 is 5.73 Å². The number of halogens is 4. The molecule has 1 aromatic carbocycles. The number of rotatable bonds is 6. The van der Waals surface area contributed by atoms with Crippen LogP contribution in [0.4, 0.5) is 13.2 Å². The average molecular weight is 295 g/mol. The summed E-state index contributed by atoms with van der Waals surface area (Å²) in [4.78, 5) is 1.63. The van der Waals surface area contributed by atoms with Gasteiger partial charge in [-0.15, -0.1) is 0 Å². The molecule has 0 bridgehead atoms. The molecular formula is C13H18ClF3N2. The smallest absolute Gasteiger partial charge is 0.324 e. The van der Waals surface area contributed by atoms with E-state index >= 15 is 0 Å². The van der Waals surface area contributed by atoms with Crippen molar-refractivity contribution in [3.8, 4) is 0 Å². The first-order valence-electron chi connectivity index (χ1n) is 6.05. The molecule has 0 aliphatic heterocycles. The summed E-state index contributed by atoms with van der Waals surface area (Å²) in [5.41, 5.74) is 6.82. The van der Waals surface area contributed by atoms with E-state index in [2.05, 4.69) is 0 Å². The predicted octanol–water partition coefficient (Wildman–Crippen LogP) is 3.61. The fourth-order valence-electron chi connectivity index (χ4n) is 1.72. The van der Waals surface area contributed by atoms with Crippen molar-refractivity contribution in [3.05, 3.63) is 34.9 Å². The molecule has 1 unspecified atom stereocenters. The van der Waals surface area contributed by atoms with Gasteiger partial charge in [-0.3, -0.25) is 0 Å². The maximum Gasteiger partial charge on any atom is 0.390 e. The van der Waals surface area contributed by atoms with Gasteiger partial charge in [0.05, 0.1) is 6.42 Å². The van der Waals surface area contributed by atoms with Gasteiger partial charge in [0.15, 0.2) is 0 Å². The molecule has 0 aliphatic carbocycles. The van der Waals surface area contributed by atoms with Crippen LogP contribution >= 0.6 is 11.6 Å². The largest absolute Gasteiger partial charge is 0.390 e. The summed E-state index contributed by atoms with van der Waals surface area (Å²) in [6.07, 6.45) is -4.35. The topological polar surface area (TPSA) is 29.3 Å². The zero-order valence-electron chi connectivity index (χ0n) is 10.8. The van der Waals surface area contributed by atoms with E-state index in [-0.39, 0.29) is 12.6 Å². The van der Waals surface area contributed by atoms with Crippen LogP contribution in [0.1, 0.15) is 24.4 Å². The summed E-state index contributed by atoms with van der Waals surface area (Å²) < 4.78 is 36.2. The van der Waals surface area contributed by atoms with Crippen molar-refractivity contribution < 1.29 is 13.2 Å². The highest BCUT2D eigenvalue weighted by molar-refractivity contribution is 6.31. The lowest BCUT2D eigenvalue weighted by Crippen LogP contribution is -2.27. The van der Waals surface area contributed by atoms with Crippen LogP contribution in [0.15, 0.2) is 24.3 Å². The third kappa shape index (κ3) is 6.27. The third-order valence-electron chi connectivity index (χ3n) is 2.90. The zero-order chi connectivity index (χ0) is 14.5. The number of nitrogens with two attached hydrogens (primary N) is 1. The molecule has 108 valence electrons. The molecule has 0 spiro atoms. The number of hydrogen-bond donors (Lipinski definition) is 1. The first kappa shape index (κ1) is 16.3. The van der Waals surface area contributed by atoms with Crippen molar-refractivity contribution in [2.45, 2.75) is 25.1 Å². The summed E-state index contributed by atoms with van der Waals surface area (Å²) in [6, 6.07) is 6.98. The molecule has 1 aromatic rings. The second kappa shape index (κ2) is 7.12. The van der Waals surface area contributed by atoms with Gasteiger partial charge in [0.2, 0.25) is 0 Å². The maximum absolute atomic E-state index is 12.1. The molecule has 6 heteroatoms. The minimum atomic E-state index is -4.11. The van der Waals surface area contributed by atoms with Gasteiger partial charge in [-0.05, 0) is 31.6 Å². The molecule has 2 nitrogen and oxygen atoms in total. The Kier molecular flexibility index (Phi) is 6.10. The summed E-state index contributed by atoms with van der Waals surface area (Å²) >= 11 is 6.01. The number of nitrogens with zero attached hydrogens (tertiary/aromatic N) is 1. The lowest BCUT2D eigenvalue weighted by Gasteiger charge is -2.20. The van der Waals surface area contributed by atoms with Crippen LogP contribution in [0, 0.1) is 0 Å². The van der Waals surface area contributed by atoms with Crippen molar-refractivity contribution in [3.63, 3.8) is 0 Å². The van der Waals surface area contributed by atoms with Gasteiger partial charge in [-0.1, -0.05) is 29.8 Å². The van der Waals surface area contributed by atoms with Gasteiger partial charge in [-0.25, -0.2) is 0 Å². The molecule has 0 aromatic heterocycles. The first-order valence-corrected chi connectivity index (χ1v) is 6.42. The van der Waals surface area contributed by atoms with Gasteiger partial charge in [0.25, 0.3) is 0 Å². The van der Waals surface area contributed by atoms with E-state index in [9.17, 15) is 13.2 Å². The molecule has 0 saturated heterocycles. The number of hydrogen-bond acceptors (Lipinski definition) is 2. The number of benzene rings is 1. The van der Waals surface area contributed by atoms with Gasteiger partial charge >= 0.3 is 6.18 Å². The van der Waals surface area contributed by atoms with E-state index < -0.39 is 12.6 Å². The lowest BCUT2D eigenvalue weighted by atomic mass is 10.0. The second-order valence-electron chi connectivity index (χ2n) is 4.59. The van der Waals surface area contributed by atoms with Gasteiger partial charge in [0, 0.05) is 17.6 Å². The molecule has 0 heterocycles. The molecule has 2 N–H and O–H groups in total. The maximum atomic E-state index is 12.1. The zero-order valence-corrected chi connectivity index (χ0v) is 11.5. The fraction of sp³-hybridized carbons (Fsp3) is 0.538. The number of alkyl halides is 3. The van der Waals surface area contributed by atoms with Crippen LogP contribution in [-0.4, -0.2) is 31.2 Å². The second-order valence-corrected chi connectivity index (χ2v) is 4.99. The summed E-state index contributed by atoms with van der Waals surface area (Å²) in [6.45, 7) is 0.487. The molecular weight excluding hydrogens is 277 g/mol. The van der Waals surface area contributed by atoms with Crippen LogP contribution in [-0.2, 0) is 0 Å². The van der Waals surface area contributed by atoms with Crippen molar-refractivity contribution in [1.82, 2.24) is 4.90 Å². The van der Waals surface area contributed by atoms with Gasteiger partial charge < -0.3 is 10.6 Å². The Bertz CT molecular complexity index is 396. The molecule has 0 saturated carbocycles. The molecule has 1 rings (SSSR count). The van der Waals surface area contributed by atoms with Crippen LogP contribution in [0.5, 0.6) is 0 Å². The van der Waals surface area contributed by atoms with E-state index in [1.165, 1.54) is 0 Å². The molecule has 1 atom stereocenters. The molecule has 0 amide bonds. The Balaban J connectivity index is 2.38. The van der Waals surface area contributed by atoms with Crippen LogP contribution in [0.3, 0.4) is 0 Å². The van der Waals surface area contributed by atoms with E-state index in [0.29, 0.717) is 18.0 Å². The van der Waals surface area contributed by atoms with E-state index in [4.69, 9.17) is 17.3 Å². The molecule has 19 heavy (non-hydrogen) atoms. The minimum absolute atomic E-state index is 0.0151. The minimum Gasteiger partial charge on any atom is -0.324 e. The summed E-state index contributed by atoms with van der Waals surface area (Å²) in [5.74, 6) is 0. The Morgan fingerprint density at radius 2 is 1.89 bits per heavy atom. The lowest BCUT2D eigenvalue weighted by molar-refractivity contribution is -0.137. The van der Waals surface area contributed by atoms with Gasteiger partial charge in [0.1, 0.15) is 0 Å². The first-order chi connectivity index (χ1) is 8.79. The van der Waals surface area contributed by atoms with Gasteiger partial charge in [-0.2, -0.15) is 13.2 Å². The van der Waals surface area contributed by atoms with Crippen molar-refractivity contribution in [2.75, 3.05) is 20.1 Å². The molecule has 0 fully saturated rings. The van der Waals surface area contributed by atoms with Crippen LogP contribution in [0.25, 0.3) is 0 Å². The molecule has 0 radical (unpaired) electrons. The highest BCUT2D eigenvalue weighted by atomic mass is 35.5. The summed E-state index contributed by atoms with van der Waals surface area (Å²) in [7, 11) is 1.66. The fourth-order valence-corrected chi connectivity index (χ4v) is 2.00. The average Bonchev–Trinajstić information content (AvgIpc) is 2.33. The van der Waals surface area contributed by atoms with E-state index in [0.717, 1.165) is 5.56 Å². The van der Waals surface area contributed by atoms with Crippen molar-refractivity contribution >= 4 is 11.6 Å².